The molecule has 0 spiro atoms. The van der Waals surface area contributed by atoms with Gasteiger partial charge in [0.15, 0.2) is 5.11 Å². The lowest BCUT2D eigenvalue weighted by Crippen LogP contribution is -2.28. The first-order valence-corrected chi connectivity index (χ1v) is 7.12. The Morgan fingerprint density at radius 2 is 2.05 bits per heavy atom. The Hall–Kier alpha value is -1.36. The zero-order chi connectivity index (χ0) is 14.5. The molecule has 6 heteroatoms. The summed E-state index contributed by atoms with van der Waals surface area (Å²) in [5.41, 5.74) is 2.03. The molecule has 0 saturated carbocycles. The molecule has 1 heterocycles. The summed E-state index contributed by atoms with van der Waals surface area (Å²) >= 11 is 17.1. The van der Waals surface area contributed by atoms with Crippen molar-refractivity contribution < 1.29 is 0 Å². The third-order valence-corrected chi connectivity index (χ3v) is 3.44. The largest absolute Gasteiger partial charge is 0.358 e. The van der Waals surface area contributed by atoms with Crippen molar-refractivity contribution in [1.82, 2.24) is 10.3 Å². The van der Waals surface area contributed by atoms with E-state index in [2.05, 4.69) is 15.6 Å². The fourth-order valence-corrected chi connectivity index (χ4v) is 2.19. The Balaban J connectivity index is 1.90. The van der Waals surface area contributed by atoms with Crippen LogP contribution in [0, 0.1) is 6.92 Å². The number of benzene rings is 1. The van der Waals surface area contributed by atoms with E-state index < -0.39 is 0 Å². The van der Waals surface area contributed by atoms with E-state index in [1.165, 1.54) is 0 Å². The number of aryl methyl sites for hydroxylation is 1. The topological polar surface area (TPSA) is 37.0 Å². The minimum Gasteiger partial charge on any atom is -0.358 e. The quantitative estimate of drug-likeness (QED) is 0.830. The minimum atomic E-state index is 0.493. The molecule has 0 saturated heterocycles. The van der Waals surface area contributed by atoms with Gasteiger partial charge in [-0.05, 0) is 48.5 Å². The van der Waals surface area contributed by atoms with Gasteiger partial charge in [0.1, 0.15) is 5.82 Å². The average molecular weight is 326 g/mol. The van der Waals surface area contributed by atoms with Crippen LogP contribution in [0.4, 0.5) is 5.82 Å². The second kappa shape index (κ2) is 6.88. The molecule has 0 fully saturated rings. The van der Waals surface area contributed by atoms with Gasteiger partial charge >= 0.3 is 0 Å². The SMILES string of the molecule is Cc1ccc(NC(=S)NCc2ccc(Cl)cc2Cl)nc1. The Kier molecular flexibility index (Phi) is 5.17. The molecule has 0 aliphatic carbocycles. The van der Waals surface area contributed by atoms with Crippen molar-refractivity contribution in [2.24, 2.45) is 0 Å². The van der Waals surface area contributed by atoms with E-state index in [1.807, 2.05) is 25.1 Å². The molecule has 0 amide bonds. The number of hydrogen-bond donors (Lipinski definition) is 2. The van der Waals surface area contributed by atoms with E-state index in [9.17, 15) is 0 Å². The first-order valence-electron chi connectivity index (χ1n) is 5.96. The van der Waals surface area contributed by atoms with Crippen molar-refractivity contribution in [3.05, 3.63) is 57.7 Å². The smallest absolute Gasteiger partial charge is 0.172 e. The molecule has 104 valence electrons. The molecule has 0 bridgehead atoms. The number of nitrogens with zero attached hydrogens (tertiary/aromatic N) is 1. The number of anilines is 1. The van der Waals surface area contributed by atoms with Gasteiger partial charge in [0.25, 0.3) is 0 Å². The highest BCUT2D eigenvalue weighted by Crippen LogP contribution is 2.20. The Labute approximate surface area is 133 Å². The van der Waals surface area contributed by atoms with E-state index in [0.717, 1.165) is 11.1 Å². The van der Waals surface area contributed by atoms with Crippen molar-refractivity contribution in [2.45, 2.75) is 13.5 Å². The van der Waals surface area contributed by atoms with Crippen molar-refractivity contribution in [3.63, 3.8) is 0 Å². The van der Waals surface area contributed by atoms with Gasteiger partial charge < -0.3 is 10.6 Å². The second-order valence-electron chi connectivity index (χ2n) is 4.26. The molecule has 2 rings (SSSR count). The summed E-state index contributed by atoms with van der Waals surface area (Å²) < 4.78 is 0. The fraction of sp³-hybridized carbons (Fsp3) is 0.143. The van der Waals surface area contributed by atoms with Crippen LogP contribution in [0.25, 0.3) is 0 Å². The number of hydrogen-bond acceptors (Lipinski definition) is 2. The van der Waals surface area contributed by atoms with E-state index in [0.29, 0.717) is 27.5 Å². The number of aromatic nitrogens is 1. The molecule has 2 aromatic rings. The van der Waals surface area contributed by atoms with Crippen LogP contribution in [0.2, 0.25) is 10.0 Å². The van der Waals surface area contributed by atoms with Crippen LogP contribution in [0.1, 0.15) is 11.1 Å². The van der Waals surface area contributed by atoms with Gasteiger partial charge in [-0.1, -0.05) is 35.3 Å². The van der Waals surface area contributed by atoms with Crippen molar-refractivity contribution in [1.29, 1.82) is 0 Å². The summed E-state index contributed by atoms with van der Waals surface area (Å²) in [6, 6.07) is 9.21. The van der Waals surface area contributed by atoms with E-state index in [-0.39, 0.29) is 0 Å². The van der Waals surface area contributed by atoms with Gasteiger partial charge in [-0.2, -0.15) is 0 Å². The number of rotatable bonds is 3. The highest BCUT2D eigenvalue weighted by Gasteiger charge is 2.03. The summed E-state index contributed by atoms with van der Waals surface area (Å²) in [7, 11) is 0. The first kappa shape index (κ1) is 15.0. The van der Waals surface area contributed by atoms with Crippen LogP contribution in [0.3, 0.4) is 0 Å². The number of thiocarbonyl (C=S) groups is 1. The van der Waals surface area contributed by atoms with Gasteiger partial charge in [-0.3, -0.25) is 0 Å². The van der Waals surface area contributed by atoms with E-state index >= 15 is 0 Å². The van der Waals surface area contributed by atoms with Crippen LogP contribution in [0.15, 0.2) is 36.5 Å². The maximum absolute atomic E-state index is 6.09. The third kappa shape index (κ3) is 4.34. The molecule has 20 heavy (non-hydrogen) atoms. The van der Waals surface area contributed by atoms with Gasteiger partial charge in [-0.25, -0.2) is 4.98 Å². The predicted octanol–water partition coefficient (Wildman–Crippen LogP) is 4.18. The molecule has 0 aliphatic rings. The summed E-state index contributed by atoms with van der Waals surface area (Å²) in [5, 5.41) is 7.80. The molecule has 1 aromatic carbocycles. The number of halogens is 2. The third-order valence-electron chi connectivity index (χ3n) is 2.61. The molecule has 0 unspecified atom stereocenters. The Morgan fingerprint density at radius 1 is 1.25 bits per heavy atom. The normalized spacial score (nSPS) is 10.2. The predicted molar refractivity (Wildman–Crippen MR) is 88.5 cm³/mol. The summed E-state index contributed by atoms with van der Waals surface area (Å²) in [4.78, 5) is 4.22. The molecular weight excluding hydrogens is 313 g/mol. The van der Waals surface area contributed by atoms with Crippen LogP contribution < -0.4 is 10.6 Å². The lowest BCUT2D eigenvalue weighted by molar-refractivity contribution is 0.925. The van der Waals surface area contributed by atoms with E-state index in [4.69, 9.17) is 35.4 Å². The summed E-state index contributed by atoms with van der Waals surface area (Å²) in [6.45, 7) is 2.50. The molecule has 3 nitrogen and oxygen atoms in total. The Bertz CT molecular complexity index is 614. The summed E-state index contributed by atoms with van der Waals surface area (Å²) in [5.74, 6) is 0.704. The van der Waals surface area contributed by atoms with Crippen molar-refractivity contribution in [2.75, 3.05) is 5.32 Å². The lowest BCUT2D eigenvalue weighted by Gasteiger charge is -2.11. The van der Waals surface area contributed by atoms with Crippen LogP contribution >= 0.6 is 35.4 Å². The van der Waals surface area contributed by atoms with Crippen LogP contribution in [-0.2, 0) is 6.54 Å². The maximum atomic E-state index is 6.09. The molecule has 0 aliphatic heterocycles. The molecule has 0 radical (unpaired) electrons. The standard InChI is InChI=1S/C14H13Cl2N3S/c1-9-2-5-13(17-7-9)19-14(20)18-8-10-3-4-11(15)6-12(10)16/h2-7H,8H2,1H3,(H2,17,18,19,20). The fourth-order valence-electron chi connectivity index (χ4n) is 1.54. The number of pyridine rings is 1. The van der Waals surface area contributed by atoms with Crippen molar-refractivity contribution >= 4 is 46.4 Å². The average Bonchev–Trinajstić information content (AvgIpc) is 2.40. The second-order valence-corrected chi connectivity index (χ2v) is 5.52. The van der Waals surface area contributed by atoms with Crippen molar-refractivity contribution in [3.8, 4) is 0 Å². The Morgan fingerprint density at radius 3 is 2.70 bits per heavy atom. The highest BCUT2D eigenvalue weighted by molar-refractivity contribution is 7.80. The minimum absolute atomic E-state index is 0.493. The monoisotopic (exact) mass is 325 g/mol. The van der Waals surface area contributed by atoms with Crippen LogP contribution in [0.5, 0.6) is 0 Å². The number of nitrogens with one attached hydrogen (secondary N) is 2. The van der Waals surface area contributed by atoms with Gasteiger partial charge in [-0.15, -0.1) is 0 Å². The van der Waals surface area contributed by atoms with Gasteiger partial charge in [0.2, 0.25) is 0 Å². The highest BCUT2D eigenvalue weighted by atomic mass is 35.5. The zero-order valence-corrected chi connectivity index (χ0v) is 13.1. The van der Waals surface area contributed by atoms with Gasteiger partial charge in [0.05, 0.1) is 0 Å². The van der Waals surface area contributed by atoms with Crippen LogP contribution in [-0.4, -0.2) is 10.1 Å². The molecular formula is C14H13Cl2N3S. The maximum Gasteiger partial charge on any atom is 0.172 e. The first-order chi connectivity index (χ1) is 9.54. The van der Waals surface area contributed by atoms with Gasteiger partial charge in [0, 0.05) is 22.8 Å². The molecule has 2 N–H and O–H groups in total. The summed E-state index contributed by atoms with van der Waals surface area (Å²) in [6.07, 6.45) is 1.78. The molecule has 1 aromatic heterocycles. The lowest BCUT2D eigenvalue weighted by atomic mass is 10.2. The molecule has 0 atom stereocenters. The zero-order valence-electron chi connectivity index (χ0n) is 10.8. The van der Waals surface area contributed by atoms with E-state index in [1.54, 1.807) is 18.3 Å².